The van der Waals surface area contributed by atoms with Crippen LogP contribution in [-0.4, -0.2) is 37.0 Å². The Bertz CT molecular complexity index is 376. The Labute approximate surface area is 108 Å². The summed E-state index contributed by atoms with van der Waals surface area (Å²) < 4.78 is 0.880. The lowest BCUT2D eigenvalue weighted by atomic mass is 10.4. The van der Waals surface area contributed by atoms with Crippen molar-refractivity contribution in [1.82, 2.24) is 10.2 Å². The average Bonchev–Trinajstić information content (AvgIpc) is 3.01. The fourth-order valence-corrected chi connectivity index (χ4v) is 3.05. The molecule has 0 bridgehead atoms. The molecule has 0 aromatic carbocycles. The molecule has 0 aliphatic heterocycles. The molecule has 1 fully saturated rings. The summed E-state index contributed by atoms with van der Waals surface area (Å²) >= 11 is 4.82. The van der Waals surface area contributed by atoms with Crippen LogP contribution in [0, 0.1) is 0 Å². The number of carbonyl (C=O) groups excluding carboxylic acids is 1. The van der Waals surface area contributed by atoms with Crippen LogP contribution in [0.25, 0.3) is 0 Å². The van der Waals surface area contributed by atoms with Gasteiger partial charge in [-0.3, -0.25) is 4.79 Å². The Balaban J connectivity index is 1.73. The molecule has 1 N–H and O–H groups in total. The van der Waals surface area contributed by atoms with Gasteiger partial charge in [0.25, 0.3) is 5.91 Å². The topological polar surface area (TPSA) is 32.3 Å². The van der Waals surface area contributed by atoms with E-state index >= 15 is 0 Å². The minimum atomic E-state index is 0.0195. The lowest BCUT2D eigenvalue weighted by molar-refractivity contribution is 0.0953. The third-order valence-electron chi connectivity index (χ3n) is 2.74. The molecule has 0 spiro atoms. The van der Waals surface area contributed by atoms with Crippen LogP contribution < -0.4 is 5.32 Å². The van der Waals surface area contributed by atoms with Crippen LogP contribution in [0.1, 0.15) is 22.5 Å². The predicted octanol–water partition coefficient (Wildman–Crippen LogP) is 2.33. The number of nitrogens with zero attached hydrogens (tertiary/aromatic N) is 1. The Kier molecular flexibility index (Phi) is 4.00. The molecule has 2 rings (SSSR count). The van der Waals surface area contributed by atoms with E-state index in [9.17, 15) is 4.79 Å². The first-order chi connectivity index (χ1) is 7.68. The second-order valence-electron chi connectivity index (χ2n) is 4.07. The molecule has 1 aromatic heterocycles. The minimum absolute atomic E-state index is 0.0195. The number of carbonyl (C=O) groups is 1. The smallest absolute Gasteiger partial charge is 0.262 e. The van der Waals surface area contributed by atoms with Crippen molar-refractivity contribution in [3.05, 3.63) is 20.8 Å². The maximum atomic E-state index is 11.7. The van der Waals surface area contributed by atoms with Crippen molar-refractivity contribution in [2.75, 3.05) is 20.1 Å². The molecule has 1 aliphatic carbocycles. The molecule has 1 aromatic rings. The van der Waals surface area contributed by atoms with Gasteiger partial charge < -0.3 is 10.2 Å². The van der Waals surface area contributed by atoms with Crippen molar-refractivity contribution in [3.8, 4) is 0 Å². The van der Waals surface area contributed by atoms with Gasteiger partial charge in [0.2, 0.25) is 0 Å². The summed E-state index contributed by atoms with van der Waals surface area (Å²) in [6, 6.07) is 2.65. The summed E-state index contributed by atoms with van der Waals surface area (Å²) in [5, 5.41) is 4.85. The molecule has 88 valence electrons. The molecular weight excluding hydrogens is 288 g/mol. The molecule has 1 amide bonds. The number of nitrogens with one attached hydrogen (secondary N) is 1. The summed E-state index contributed by atoms with van der Waals surface area (Å²) in [4.78, 5) is 14.8. The van der Waals surface area contributed by atoms with Gasteiger partial charge in [-0.25, -0.2) is 0 Å². The quantitative estimate of drug-likeness (QED) is 0.905. The zero-order chi connectivity index (χ0) is 11.5. The maximum absolute atomic E-state index is 11.7. The van der Waals surface area contributed by atoms with Gasteiger partial charge in [0.1, 0.15) is 4.88 Å². The van der Waals surface area contributed by atoms with E-state index in [1.165, 1.54) is 24.2 Å². The van der Waals surface area contributed by atoms with Crippen LogP contribution >= 0.6 is 27.3 Å². The second-order valence-corrected chi connectivity index (χ2v) is 5.84. The van der Waals surface area contributed by atoms with Gasteiger partial charge in [0.05, 0.1) is 0 Å². The number of thiophene rings is 1. The molecular formula is C11H15BrN2OS. The van der Waals surface area contributed by atoms with Gasteiger partial charge in [0, 0.05) is 23.6 Å². The third kappa shape index (κ3) is 3.06. The van der Waals surface area contributed by atoms with E-state index in [1.54, 1.807) is 0 Å². The van der Waals surface area contributed by atoms with Gasteiger partial charge in [-0.15, -0.1) is 11.3 Å². The number of hydrogen-bond donors (Lipinski definition) is 1. The van der Waals surface area contributed by atoms with Crippen molar-refractivity contribution in [3.63, 3.8) is 0 Å². The van der Waals surface area contributed by atoms with Crippen LogP contribution in [0.5, 0.6) is 0 Å². The zero-order valence-electron chi connectivity index (χ0n) is 9.20. The SMILES string of the molecule is CN(CCNC(=O)c1sccc1Br)C1CC1. The maximum Gasteiger partial charge on any atom is 0.262 e. The van der Waals surface area contributed by atoms with Crippen LogP contribution in [0.2, 0.25) is 0 Å². The van der Waals surface area contributed by atoms with Crippen LogP contribution in [-0.2, 0) is 0 Å². The monoisotopic (exact) mass is 302 g/mol. The standard InChI is InChI=1S/C11H15BrN2OS/c1-14(8-2-3-8)6-5-13-11(15)10-9(12)4-7-16-10/h4,7-8H,2-3,5-6H2,1H3,(H,13,15). The minimum Gasteiger partial charge on any atom is -0.350 e. The van der Waals surface area contributed by atoms with Crippen LogP contribution in [0.3, 0.4) is 0 Å². The molecule has 0 atom stereocenters. The van der Waals surface area contributed by atoms with Crippen molar-refractivity contribution in [2.24, 2.45) is 0 Å². The largest absolute Gasteiger partial charge is 0.350 e. The summed E-state index contributed by atoms with van der Waals surface area (Å²) in [6.45, 7) is 1.65. The first kappa shape index (κ1) is 12.1. The summed E-state index contributed by atoms with van der Waals surface area (Å²) in [5.41, 5.74) is 0. The van der Waals surface area contributed by atoms with Crippen molar-refractivity contribution < 1.29 is 4.79 Å². The number of amides is 1. The van der Waals surface area contributed by atoms with E-state index in [1.807, 2.05) is 11.4 Å². The van der Waals surface area contributed by atoms with E-state index in [4.69, 9.17) is 0 Å². The van der Waals surface area contributed by atoms with E-state index in [0.717, 1.165) is 28.5 Å². The average molecular weight is 303 g/mol. The highest BCUT2D eigenvalue weighted by Gasteiger charge is 2.25. The van der Waals surface area contributed by atoms with Crippen molar-refractivity contribution in [2.45, 2.75) is 18.9 Å². The van der Waals surface area contributed by atoms with Crippen LogP contribution in [0.4, 0.5) is 0 Å². The van der Waals surface area contributed by atoms with Gasteiger partial charge >= 0.3 is 0 Å². The first-order valence-corrected chi connectivity index (χ1v) is 7.07. The molecule has 5 heteroatoms. The highest BCUT2D eigenvalue weighted by Crippen LogP contribution is 2.25. The van der Waals surface area contributed by atoms with Gasteiger partial charge in [-0.2, -0.15) is 0 Å². The fraction of sp³-hybridized carbons (Fsp3) is 0.545. The fourth-order valence-electron chi connectivity index (χ4n) is 1.58. The molecule has 0 unspecified atom stereocenters. The van der Waals surface area contributed by atoms with Gasteiger partial charge in [-0.05, 0) is 47.3 Å². The van der Waals surface area contributed by atoms with E-state index in [2.05, 4.69) is 33.2 Å². The highest BCUT2D eigenvalue weighted by atomic mass is 79.9. The Hall–Kier alpha value is -0.390. The van der Waals surface area contributed by atoms with E-state index in [-0.39, 0.29) is 5.91 Å². The molecule has 0 radical (unpaired) electrons. The Morgan fingerprint density at radius 3 is 3.00 bits per heavy atom. The van der Waals surface area contributed by atoms with Gasteiger partial charge in [-0.1, -0.05) is 0 Å². The Morgan fingerprint density at radius 1 is 1.69 bits per heavy atom. The lowest BCUT2D eigenvalue weighted by Gasteiger charge is -2.15. The molecule has 1 heterocycles. The number of likely N-dealkylation sites (N-methyl/N-ethyl adjacent to an activating group) is 1. The second kappa shape index (κ2) is 5.29. The van der Waals surface area contributed by atoms with Crippen LogP contribution in [0.15, 0.2) is 15.9 Å². The van der Waals surface area contributed by atoms with E-state index in [0.29, 0.717) is 0 Å². The summed E-state index contributed by atoms with van der Waals surface area (Å²) in [7, 11) is 2.12. The summed E-state index contributed by atoms with van der Waals surface area (Å²) in [6.07, 6.45) is 2.61. The zero-order valence-corrected chi connectivity index (χ0v) is 11.6. The van der Waals surface area contributed by atoms with Gasteiger partial charge in [0.15, 0.2) is 0 Å². The molecule has 1 saturated carbocycles. The van der Waals surface area contributed by atoms with Crippen molar-refractivity contribution >= 4 is 33.2 Å². The lowest BCUT2D eigenvalue weighted by Crippen LogP contribution is -2.33. The summed E-state index contributed by atoms with van der Waals surface area (Å²) in [5.74, 6) is 0.0195. The van der Waals surface area contributed by atoms with E-state index < -0.39 is 0 Å². The predicted molar refractivity (Wildman–Crippen MR) is 70.0 cm³/mol. The number of halogens is 1. The normalized spacial score (nSPS) is 15.4. The Morgan fingerprint density at radius 2 is 2.44 bits per heavy atom. The molecule has 0 saturated heterocycles. The third-order valence-corrected chi connectivity index (χ3v) is 4.58. The number of hydrogen-bond acceptors (Lipinski definition) is 3. The molecule has 16 heavy (non-hydrogen) atoms. The highest BCUT2D eigenvalue weighted by molar-refractivity contribution is 9.10. The number of rotatable bonds is 5. The molecule has 1 aliphatic rings. The first-order valence-electron chi connectivity index (χ1n) is 5.40. The van der Waals surface area contributed by atoms with Crippen molar-refractivity contribution in [1.29, 1.82) is 0 Å². The molecule has 3 nitrogen and oxygen atoms in total.